The summed E-state index contributed by atoms with van der Waals surface area (Å²) in [6, 6.07) is 4.60. The van der Waals surface area contributed by atoms with E-state index in [9.17, 15) is 17.6 Å². The minimum Gasteiger partial charge on any atom is -0.348 e. The van der Waals surface area contributed by atoms with Crippen LogP contribution in [0.25, 0.3) is 0 Å². The smallest absolute Gasteiger partial charge is 0.315 e. The van der Waals surface area contributed by atoms with Crippen molar-refractivity contribution in [3.63, 3.8) is 0 Å². The lowest BCUT2D eigenvalue weighted by molar-refractivity contribution is 0.0905. The summed E-state index contributed by atoms with van der Waals surface area (Å²) >= 11 is 0. The first-order valence-electron chi connectivity index (χ1n) is 9.83. The third-order valence-electron chi connectivity index (χ3n) is 4.96. The molecule has 0 atom stereocenters. The number of rotatable bonds is 9. The second-order valence-electron chi connectivity index (χ2n) is 7.29. The fourth-order valence-corrected chi connectivity index (χ4v) is 4.32. The number of halogens is 1. The van der Waals surface area contributed by atoms with E-state index < -0.39 is 21.6 Å². The van der Waals surface area contributed by atoms with Crippen molar-refractivity contribution in [1.29, 1.82) is 0 Å². The van der Waals surface area contributed by atoms with E-state index in [2.05, 4.69) is 32.3 Å². The maximum atomic E-state index is 13.0. The Kier molecular flexibility index (Phi) is 7.51. The van der Waals surface area contributed by atoms with Crippen LogP contribution in [-0.2, 0) is 16.3 Å². The van der Waals surface area contributed by atoms with Crippen molar-refractivity contribution >= 4 is 15.7 Å². The summed E-state index contributed by atoms with van der Waals surface area (Å²) in [4.78, 5) is 20.8. The van der Waals surface area contributed by atoms with E-state index in [4.69, 9.17) is 4.52 Å². The predicted octanol–water partition coefficient (Wildman–Crippen LogP) is 0.592. The Morgan fingerprint density at radius 1 is 1.20 bits per heavy atom. The van der Waals surface area contributed by atoms with Crippen LogP contribution >= 0.6 is 0 Å². The van der Waals surface area contributed by atoms with Gasteiger partial charge in [-0.2, -0.15) is 4.98 Å². The highest BCUT2D eigenvalue weighted by molar-refractivity contribution is 7.91. The summed E-state index contributed by atoms with van der Waals surface area (Å²) in [5.74, 6) is -1.32. The third-order valence-corrected chi connectivity index (χ3v) is 6.69. The van der Waals surface area contributed by atoms with Crippen LogP contribution in [0.2, 0.25) is 0 Å². The number of aryl methyl sites for hydroxylation is 1. The summed E-state index contributed by atoms with van der Waals surface area (Å²) in [6.07, 6.45) is 0.798. The molecule has 164 valence electrons. The van der Waals surface area contributed by atoms with Gasteiger partial charge in [0.2, 0.25) is 0 Å². The van der Waals surface area contributed by atoms with Crippen molar-refractivity contribution in [2.45, 2.75) is 17.7 Å². The summed E-state index contributed by atoms with van der Waals surface area (Å²) in [7, 11) is -1.51. The molecule has 0 aliphatic carbocycles. The number of amides is 1. The number of benzene rings is 1. The van der Waals surface area contributed by atoms with Gasteiger partial charge in [0.25, 0.3) is 0 Å². The number of sulfone groups is 1. The van der Waals surface area contributed by atoms with Gasteiger partial charge in [-0.3, -0.25) is 4.79 Å². The number of piperazine rings is 1. The number of hydrogen-bond donors (Lipinski definition) is 1. The van der Waals surface area contributed by atoms with E-state index >= 15 is 0 Å². The molecule has 1 aliphatic heterocycles. The average Bonchev–Trinajstić information content (AvgIpc) is 3.21. The fourth-order valence-electron chi connectivity index (χ4n) is 3.08. The van der Waals surface area contributed by atoms with Gasteiger partial charge in [-0.25, -0.2) is 12.8 Å². The highest BCUT2D eigenvalue weighted by atomic mass is 32.2. The van der Waals surface area contributed by atoms with Gasteiger partial charge < -0.3 is 19.6 Å². The van der Waals surface area contributed by atoms with Crippen LogP contribution in [0.1, 0.15) is 22.9 Å². The van der Waals surface area contributed by atoms with E-state index in [1.54, 1.807) is 0 Å². The normalized spacial score (nSPS) is 15.9. The van der Waals surface area contributed by atoms with E-state index in [-0.39, 0.29) is 28.8 Å². The van der Waals surface area contributed by atoms with Crippen molar-refractivity contribution in [2.24, 2.45) is 0 Å². The van der Waals surface area contributed by atoms with Crippen molar-refractivity contribution in [3.8, 4) is 0 Å². The molecule has 1 saturated heterocycles. The molecule has 1 aromatic heterocycles. The van der Waals surface area contributed by atoms with Gasteiger partial charge in [-0.1, -0.05) is 5.16 Å². The predicted molar refractivity (Wildman–Crippen MR) is 107 cm³/mol. The number of hydrogen-bond acceptors (Lipinski definition) is 8. The van der Waals surface area contributed by atoms with Gasteiger partial charge in [0.1, 0.15) is 5.82 Å². The van der Waals surface area contributed by atoms with Gasteiger partial charge in [-0.05, 0) is 44.3 Å². The highest BCUT2D eigenvalue weighted by Gasteiger charge is 2.19. The highest BCUT2D eigenvalue weighted by Crippen LogP contribution is 2.13. The SMILES string of the molecule is CN1CCN(CCCNC(=O)c2nc(CCS(=O)(=O)c3ccc(F)cc3)no2)CC1. The van der Waals surface area contributed by atoms with Crippen LogP contribution in [0, 0.1) is 5.82 Å². The maximum absolute atomic E-state index is 13.0. The van der Waals surface area contributed by atoms with E-state index in [0.717, 1.165) is 51.3 Å². The lowest BCUT2D eigenvalue weighted by Crippen LogP contribution is -2.45. The lowest BCUT2D eigenvalue weighted by Gasteiger charge is -2.32. The molecule has 1 fully saturated rings. The van der Waals surface area contributed by atoms with Crippen LogP contribution in [0.3, 0.4) is 0 Å². The fraction of sp³-hybridized carbons (Fsp3) is 0.526. The first kappa shape index (κ1) is 22.3. The zero-order chi connectivity index (χ0) is 21.6. The maximum Gasteiger partial charge on any atom is 0.315 e. The molecule has 2 aromatic rings. The Morgan fingerprint density at radius 2 is 1.90 bits per heavy atom. The molecular formula is C19H26FN5O4S. The van der Waals surface area contributed by atoms with Gasteiger partial charge >= 0.3 is 11.8 Å². The number of nitrogens with zero attached hydrogens (tertiary/aromatic N) is 4. The van der Waals surface area contributed by atoms with Gasteiger partial charge in [-0.15, -0.1) is 0 Å². The Hall–Kier alpha value is -2.37. The van der Waals surface area contributed by atoms with Crippen LogP contribution in [-0.4, -0.2) is 86.3 Å². The number of carbonyl (C=O) groups is 1. The molecule has 11 heteroatoms. The largest absolute Gasteiger partial charge is 0.348 e. The van der Waals surface area contributed by atoms with Gasteiger partial charge in [0.05, 0.1) is 10.6 Å². The van der Waals surface area contributed by atoms with Crippen molar-refractivity contribution < 1.29 is 22.1 Å². The second-order valence-corrected chi connectivity index (χ2v) is 9.40. The zero-order valence-corrected chi connectivity index (χ0v) is 17.7. The van der Waals surface area contributed by atoms with E-state index in [1.165, 1.54) is 12.1 Å². The van der Waals surface area contributed by atoms with Crippen LogP contribution in [0.15, 0.2) is 33.7 Å². The molecule has 0 spiro atoms. The molecule has 3 rings (SSSR count). The van der Waals surface area contributed by atoms with Gasteiger partial charge in [0, 0.05) is 39.1 Å². The molecule has 0 radical (unpaired) electrons. The van der Waals surface area contributed by atoms with Crippen LogP contribution in [0.5, 0.6) is 0 Å². The number of aromatic nitrogens is 2. The molecular weight excluding hydrogens is 413 g/mol. The Bertz CT molecular complexity index is 940. The molecule has 0 bridgehead atoms. The second kappa shape index (κ2) is 10.1. The topological polar surface area (TPSA) is 109 Å². The molecule has 1 N–H and O–H groups in total. The standard InChI is InChI=1S/C19H26FN5O4S/c1-24-10-12-25(13-11-24)9-2-8-21-18(26)19-22-17(23-29-19)7-14-30(27,28)16-5-3-15(20)4-6-16/h3-6H,2,7-14H2,1H3,(H,21,26). The number of likely N-dealkylation sites (N-methyl/N-ethyl adjacent to an activating group) is 1. The molecule has 1 amide bonds. The molecule has 0 saturated carbocycles. The van der Waals surface area contributed by atoms with Crippen molar-refractivity contribution in [1.82, 2.24) is 25.3 Å². The minimum absolute atomic E-state index is 0.0140. The van der Waals surface area contributed by atoms with Gasteiger partial charge in [0.15, 0.2) is 15.7 Å². The minimum atomic E-state index is -3.61. The van der Waals surface area contributed by atoms with Crippen LogP contribution < -0.4 is 5.32 Å². The molecule has 0 unspecified atom stereocenters. The summed E-state index contributed by atoms with van der Waals surface area (Å²) < 4.78 is 42.5. The average molecular weight is 440 g/mol. The number of nitrogens with one attached hydrogen (secondary N) is 1. The van der Waals surface area contributed by atoms with Crippen molar-refractivity contribution in [3.05, 3.63) is 41.8 Å². The summed E-state index contributed by atoms with van der Waals surface area (Å²) in [6.45, 7) is 5.55. The summed E-state index contributed by atoms with van der Waals surface area (Å²) in [5.41, 5.74) is 0. The third kappa shape index (κ3) is 6.31. The Morgan fingerprint density at radius 3 is 2.60 bits per heavy atom. The first-order chi connectivity index (χ1) is 14.3. The Labute approximate surface area is 175 Å². The molecule has 2 heterocycles. The zero-order valence-electron chi connectivity index (χ0n) is 16.9. The van der Waals surface area contributed by atoms with E-state index in [1.807, 2.05) is 0 Å². The molecule has 9 nitrogen and oxygen atoms in total. The number of carbonyl (C=O) groups excluding carboxylic acids is 1. The Balaban J connectivity index is 1.41. The molecule has 1 aliphatic rings. The lowest BCUT2D eigenvalue weighted by atomic mass is 10.3. The van der Waals surface area contributed by atoms with E-state index in [0.29, 0.717) is 6.54 Å². The first-order valence-corrected chi connectivity index (χ1v) is 11.5. The quantitative estimate of drug-likeness (QED) is 0.447. The monoisotopic (exact) mass is 439 g/mol. The van der Waals surface area contributed by atoms with Crippen LogP contribution in [0.4, 0.5) is 4.39 Å². The molecule has 1 aromatic carbocycles. The summed E-state index contributed by atoms with van der Waals surface area (Å²) in [5, 5.41) is 6.41. The molecule has 30 heavy (non-hydrogen) atoms. The van der Waals surface area contributed by atoms with Crippen molar-refractivity contribution in [2.75, 3.05) is 52.1 Å².